The van der Waals surface area contributed by atoms with Gasteiger partial charge in [-0.1, -0.05) is 27.5 Å². The second-order valence-electron chi connectivity index (χ2n) is 1.87. The van der Waals surface area contributed by atoms with Crippen LogP contribution in [0.2, 0.25) is 5.02 Å². The Morgan fingerprint density at radius 3 is 2.64 bits per heavy atom. The van der Waals surface area contributed by atoms with E-state index in [1.54, 1.807) is 18.2 Å². The van der Waals surface area contributed by atoms with Gasteiger partial charge >= 0.3 is 0 Å². The molecule has 1 unspecified atom stereocenters. The van der Waals surface area contributed by atoms with Gasteiger partial charge in [0.2, 0.25) is 0 Å². The maximum atomic E-state index is 10.8. The van der Waals surface area contributed by atoms with E-state index in [2.05, 4.69) is 15.9 Å². The predicted molar refractivity (Wildman–Crippen MR) is 49.7 cm³/mol. The summed E-state index contributed by atoms with van der Waals surface area (Å²) in [7, 11) is -1.50. The molecule has 0 saturated carbocycles. The lowest BCUT2D eigenvalue weighted by atomic mass is 10.4. The average molecular weight is 255 g/mol. The lowest BCUT2D eigenvalue weighted by molar-refractivity contribution is 0.684. The van der Waals surface area contributed by atoms with Crippen molar-refractivity contribution >= 4 is 38.5 Å². The van der Waals surface area contributed by atoms with E-state index in [9.17, 15) is 4.21 Å². The SMILES string of the molecule is NS(=O)c1ccc(Br)cc1Cl. The van der Waals surface area contributed by atoms with Crippen molar-refractivity contribution < 1.29 is 4.21 Å². The van der Waals surface area contributed by atoms with Crippen molar-refractivity contribution in [2.24, 2.45) is 5.14 Å². The predicted octanol–water partition coefficient (Wildman–Crippen LogP) is 2.08. The molecule has 1 aromatic carbocycles. The van der Waals surface area contributed by atoms with Gasteiger partial charge in [0.25, 0.3) is 0 Å². The van der Waals surface area contributed by atoms with E-state index in [1.807, 2.05) is 0 Å². The molecule has 0 aliphatic rings. The second kappa shape index (κ2) is 3.67. The third-order valence-electron chi connectivity index (χ3n) is 1.11. The minimum absolute atomic E-state index is 0.417. The number of benzene rings is 1. The van der Waals surface area contributed by atoms with Crippen molar-refractivity contribution in [3.8, 4) is 0 Å². The zero-order valence-corrected chi connectivity index (χ0v) is 8.54. The highest BCUT2D eigenvalue weighted by molar-refractivity contribution is 9.10. The maximum Gasteiger partial charge on any atom is 0.123 e. The van der Waals surface area contributed by atoms with Gasteiger partial charge in [0.15, 0.2) is 0 Å². The zero-order valence-electron chi connectivity index (χ0n) is 5.38. The van der Waals surface area contributed by atoms with Gasteiger partial charge in [-0.05, 0) is 18.2 Å². The largest absolute Gasteiger partial charge is 0.248 e. The molecule has 60 valence electrons. The third-order valence-corrected chi connectivity index (χ3v) is 2.82. The number of hydrogen-bond donors (Lipinski definition) is 1. The van der Waals surface area contributed by atoms with Gasteiger partial charge in [0, 0.05) is 4.47 Å². The molecule has 2 nitrogen and oxygen atoms in total. The molecule has 1 rings (SSSR count). The summed E-state index contributed by atoms with van der Waals surface area (Å²) in [6.07, 6.45) is 0. The van der Waals surface area contributed by atoms with Crippen LogP contribution in [0.1, 0.15) is 0 Å². The van der Waals surface area contributed by atoms with Gasteiger partial charge in [-0.25, -0.2) is 9.35 Å². The van der Waals surface area contributed by atoms with E-state index in [0.29, 0.717) is 9.92 Å². The van der Waals surface area contributed by atoms with E-state index in [0.717, 1.165) is 4.47 Å². The summed E-state index contributed by atoms with van der Waals surface area (Å²) in [5, 5.41) is 5.55. The highest BCUT2D eigenvalue weighted by Gasteiger charge is 2.03. The van der Waals surface area contributed by atoms with E-state index in [1.165, 1.54) is 0 Å². The fourth-order valence-corrected chi connectivity index (χ4v) is 1.99. The molecular weight excluding hydrogens is 249 g/mol. The van der Waals surface area contributed by atoms with Gasteiger partial charge in [-0.15, -0.1) is 0 Å². The van der Waals surface area contributed by atoms with Crippen LogP contribution < -0.4 is 5.14 Å². The molecular formula is C6H5BrClNOS. The minimum atomic E-state index is -1.50. The van der Waals surface area contributed by atoms with Gasteiger partial charge in [0.1, 0.15) is 11.0 Å². The second-order valence-corrected chi connectivity index (χ2v) is 4.23. The molecule has 0 aromatic heterocycles. The molecule has 1 aromatic rings. The van der Waals surface area contributed by atoms with Crippen LogP contribution in [-0.2, 0) is 11.0 Å². The van der Waals surface area contributed by atoms with Crippen LogP contribution >= 0.6 is 27.5 Å². The normalized spacial score (nSPS) is 13.0. The Morgan fingerprint density at radius 1 is 1.55 bits per heavy atom. The van der Waals surface area contributed by atoms with Gasteiger partial charge in [0.05, 0.1) is 9.92 Å². The maximum absolute atomic E-state index is 10.8. The first kappa shape index (κ1) is 9.19. The topological polar surface area (TPSA) is 43.1 Å². The fourth-order valence-electron chi connectivity index (χ4n) is 0.638. The Balaban J connectivity index is 3.20. The molecule has 2 N–H and O–H groups in total. The zero-order chi connectivity index (χ0) is 8.43. The van der Waals surface area contributed by atoms with Crippen LogP contribution in [0, 0.1) is 0 Å². The Morgan fingerprint density at radius 2 is 2.18 bits per heavy atom. The average Bonchev–Trinajstić information content (AvgIpc) is 1.85. The van der Waals surface area contributed by atoms with Crippen molar-refractivity contribution in [1.82, 2.24) is 0 Å². The summed E-state index contributed by atoms with van der Waals surface area (Å²) < 4.78 is 11.6. The van der Waals surface area contributed by atoms with Crippen LogP contribution in [0.5, 0.6) is 0 Å². The summed E-state index contributed by atoms with van der Waals surface area (Å²) >= 11 is 8.94. The number of hydrogen-bond acceptors (Lipinski definition) is 1. The van der Waals surface area contributed by atoms with Crippen molar-refractivity contribution in [3.05, 3.63) is 27.7 Å². The standard InChI is InChI=1S/C6H5BrClNOS/c7-4-1-2-6(11(9)10)5(8)3-4/h1-3H,9H2. The highest BCUT2D eigenvalue weighted by Crippen LogP contribution is 2.22. The molecule has 0 saturated heterocycles. The molecule has 0 bridgehead atoms. The summed E-state index contributed by atoms with van der Waals surface area (Å²) in [6, 6.07) is 5.02. The fraction of sp³-hybridized carbons (Fsp3) is 0. The van der Waals surface area contributed by atoms with Crippen molar-refractivity contribution in [1.29, 1.82) is 0 Å². The third kappa shape index (κ3) is 2.27. The van der Waals surface area contributed by atoms with Crippen LogP contribution in [0.25, 0.3) is 0 Å². The Hall–Kier alpha value is 0.1000. The molecule has 0 heterocycles. The lowest BCUT2D eigenvalue weighted by Gasteiger charge is -1.98. The molecule has 0 radical (unpaired) electrons. The summed E-state index contributed by atoms with van der Waals surface area (Å²) in [5.41, 5.74) is 0. The smallest absolute Gasteiger partial charge is 0.123 e. The molecule has 0 fully saturated rings. The number of halogens is 2. The molecule has 0 aliphatic heterocycles. The Kier molecular flexibility index (Phi) is 3.06. The Labute approximate surface area is 80.5 Å². The molecule has 0 aliphatic carbocycles. The molecule has 11 heavy (non-hydrogen) atoms. The van der Waals surface area contributed by atoms with Crippen LogP contribution in [-0.4, -0.2) is 4.21 Å². The van der Waals surface area contributed by atoms with E-state index in [4.69, 9.17) is 16.7 Å². The van der Waals surface area contributed by atoms with Gasteiger partial charge < -0.3 is 0 Å². The quantitative estimate of drug-likeness (QED) is 0.819. The van der Waals surface area contributed by atoms with E-state index >= 15 is 0 Å². The van der Waals surface area contributed by atoms with Crippen molar-refractivity contribution in [3.63, 3.8) is 0 Å². The minimum Gasteiger partial charge on any atom is -0.248 e. The lowest BCUT2D eigenvalue weighted by Crippen LogP contribution is -2.02. The van der Waals surface area contributed by atoms with E-state index in [-0.39, 0.29) is 0 Å². The van der Waals surface area contributed by atoms with Gasteiger partial charge in [-0.3, -0.25) is 0 Å². The molecule has 0 amide bonds. The number of nitrogens with two attached hydrogens (primary N) is 1. The van der Waals surface area contributed by atoms with Crippen LogP contribution in [0.4, 0.5) is 0 Å². The van der Waals surface area contributed by atoms with Crippen molar-refractivity contribution in [2.75, 3.05) is 0 Å². The first-order chi connectivity index (χ1) is 5.11. The summed E-state index contributed by atoms with van der Waals surface area (Å²) in [6.45, 7) is 0. The monoisotopic (exact) mass is 253 g/mol. The highest BCUT2D eigenvalue weighted by atomic mass is 79.9. The van der Waals surface area contributed by atoms with Crippen LogP contribution in [0.3, 0.4) is 0 Å². The molecule has 1 atom stereocenters. The van der Waals surface area contributed by atoms with Gasteiger partial charge in [-0.2, -0.15) is 0 Å². The molecule has 0 spiro atoms. The van der Waals surface area contributed by atoms with Crippen LogP contribution in [0.15, 0.2) is 27.6 Å². The van der Waals surface area contributed by atoms with E-state index < -0.39 is 11.0 Å². The molecule has 5 heteroatoms. The Bertz CT molecular complexity index is 305. The first-order valence-corrected chi connectivity index (χ1v) is 5.11. The summed E-state index contributed by atoms with van der Waals surface area (Å²) in [4.78, 5) is 0.454. The summed E-state index contributed by atoms with van der Waals surface area (Å²) in [5.74, 6) is 0. The number of rotatable bonds is 1. The van der Waals surface area contributed by atoms with Crippen molar-refractivity contribution in [2.45, 2.75) is 4.90 Å². The first-order valence-electron chi connectivity index (χ1n) is 2.72.